The minimum atomic E-state index is -2.27. The van der Waals surface area contributed by atoms with Crippen molar-refractivity contribution in [2.75, 3.05) is 0 Å². The Balaban J connectivity index is 2.12. The molecule has 0 N–H and O–H groups in total. The van der Waals surface area contributed by atoms with Crippen molar-refractivity contribution in [2.24, 2.45) is 5.92 Å². The van der Waals surface area contributed by atoms with Gasteiger partial charge in [0.1, 0.15) is 5.82 Å². The fourth-order valence-electron chi connectivity index (χ4n) is 1.61. The second-order valence-corrected chi connectivity index (χ2v) is 3.40. The lowest BCUT2D eigenvalue weighted by Crippen LogP contribution is -1.95. The summed E-state index contributed by atoms with van der Waals surface area (Å²) in [5, 5.41) is 0. The summed E-state index contributed by atoms with van der Waals surface area (Å²) < 4.78 is 37.0. The fourth-order valence-corrected chi connectivity index (χ4v) is 1.61. The van der Waals surface area contributed by atoms with Crippen molar-refractivity contribution in [1.29, 1.82) is 0 Å². The summed E-state index contributed by atoms with van der Waals surface area (Å²) in [5.74, 6) is -1.03. The van der Waals surface area contributed by atoms with Crippen molar-refractivity contribution in [2.45, 2.75) is 18.8 Å². The van der Waals surface area contributed by atoms with Crippen LogP contribution in [-0.4, -0.2) is 6.43 Å². The first-order valence-electron chi connectivity index (χ1n) is 4.22. The topological polar surface area (TPSA) is 0 Å². The van der Waals surface area contributed by atoms with Crippen LogP contribution in [0.4, 0.5) is 13.2 Å². The van der Waals surface area contributed by atoms with Crippen LogP contribution in [0.1, 0.15) is 17.9 Å². The van der Waals surface area contributed by atoms with E-state index in [0.717, 1.165) is 0 Å². The van der Waals surface area contributed by atoms with Crippen LogP contribution < -0.4 is 0 Å². The lowest BCUT2D eigenvalue weighted by atomic mass is 10.1. The van der Waals surface area contributed by atoms with Crippen LogP contribution >= 0.6 is 0 Å². The quantitative estimate of drug-likeness (QED) is 0.665. The third-order valence-electron chi connectivity index (χ3n) is 2.44. The van der Waals surface area contributed by atoms with Gasteiger partial charge >= 0.3 is 0 Å². The zero-order valence-corrected chi connectivity index (χ0v) is 6.88. The van der Waals surface area contributed by atoms with Crippen molar-refractivity contribution < 1.29 is 13.2 Å². The molecule has 0 heterocycles. The van der Waals surface area contributed by atoms with E-state index in [0.29, 0.717) is 12.0 Å². The molecule has 13 heavy (non-hydrogen) atoms. The average molecular weight is 186 g/mol. The predicted octanol–water partition coefficient (Wildman–Crippen LogP) is 3.19. The highest BCUT2D eigenvalue weighted by Gasteiger charge is 2.44. The Kier molecular flexibility index (Phi) is 2.02. The molecule has 2 atom stereocenters. The first-order chi connectivity index (χ1) is 6.18. The van der Waals surface area contributed by atoms with Gasteiger partial charge in [0, 0.05) is 5.92 Å². The highest BCUT2D eigenvalue weighted by Crippen LogP contribution is 2.50. The Morgan fingerprint density at radius 2 is 2.08 bits per heavy atom. The molecule has 0 aliphatic heterocycles. The maximum atomic E-state index is 12.7. The molecular formula is C10H9F3. The predicted molar refractivity (Wildman–Crippen MR) is 43.3 cm³/mol. The maximum Gasteiger partial charge on any atom is 0.242 e. The molecule has 1 saturated carbocycles. The molecule has 1 aliphatic rings. The van der Waals surface area contributed by atoms with Crippen LogP contribution in [0.5, 0.6) is 0 Å². The molecule has 0 radical (unpaired) electrons. The molecule has 1 aromatic carbocycles. The SMILES string of the molecule is Fc1cccc([C@@H]2C[C@H]2C(F)F)c1. The third kappa shape index (κ3) is 1.69. The van der Waals surface area contributed by atoms with Crippen LogP contribution in [0.3, 0.4) is 0 Å². The van der Waals surface area contributed by atoms with Gasteiger partial charge in [0.15, 0.2) is 0 Å². The van der Waals surface area contributed by atoms with Crippen LogP contribution in [0.2, 0.25) is 0 Å². The van der Waals surface area contributed by atoms with E-state index in [1.165, 1.54) is 12.1 Å². The van der Waals surface area contributed by atoms with Crippen molar-refractivity contribution in [3.63, 3.8) is 0 Å². The van der Waals surface area contributed by atoms with Crippen LogP contribution in [0, 0.1) is 11.7 Å². The molecule has 0 nitrogen and oxygen atoms in total. The highest BCUT2D eigenvalue weighted by atomic mass is 19.3. The third-order valence-corrected chi connectivity index (χ3v) is 2.44. The number of halogens is 3. The normalized spacial score (nSPS) is 26.5. The summed E-state index contributed by atoms with van der Waals surface area (Å²) in [5.41, 5.74) is 0.699. The molecule has 3 heteroatoms. The zero-order chi connectivity index (χ0) is 9.42. The summed E-state index contributed by atoms with van der Waals surface area (Å²) >= 11 is 0. The van der Waals surface area contributed by atoms with Crippen molar-refractivity contribution in [3.8, 4) is 0 Å². The molecule has 1 aromatic rings. The van der Waals surface area contributed by atoms with Gasteiger partial charge in [0.05, 0.1) is 0 Å². The van der Waals surface area contributed by atoms with E-state index in [1.54, 1.807) is 12.1 Å². The molecule has 0 unspecified atom stereocenters. The molecule has 1 aliphatic carbocycles. The number of hydrogen-bond acceptors (Lipinski definition) is 0. The van der Waals surface area contributed by atoms with E-state index >= 15 is 0 Å². The number of alkyl halides is 2. The van der Waals surface area contributed by atoms with Gasteiger partial charge in [-0.2, -0.15) is 0 Å². The first kappa shape index (κ1) is 8.60. The molecule has 0 saturated heterocycles. The smallest absolute Gasteiger partial charge is 0.210 e. The minimum absolute atomic E-state index is 0.129. The van der Waals surface area contributed by atoms with E-state index in [2.05, 4.69) is 0 Å². The average Bonchev–Trinajstić information content (AvgIpc) is 2.82. The van der Waals surface area contributed by atoms with Gasteiger partial charge in [-0.1, -0.05) is 12.1 Å². The van der Waals surface area contributed by atoms with Gasteiger partial charge in [-0.15, -0.1) is 0 Å². The molecule has 0 amide bonds. The van der Waals surface area contributed by atoms with E-state index < -0.39 is 12.3 Å². The molecule has 0 bridgehead atoms. The van der Waals surface area contributed by atoms with E-state index in [4.69, 9.17) is 0 Å². The summed E-state index contributed by atoms with van der Waals surface area (Å²) in [4.78, 5) is 0. The van der Waals surface area contributed by atoms with E-state index in [1.807, 2.05) is 0 Å². The van der Waals surface area contributed by atoms with Crippen LogP contribution in [0.25, 0.3) is 0 Å². The van der Waals surface area contributed by atoms with Gasteiger partial charge in [-0.3, -0.25) is 0 Å². The lowest BCUT2D eigenvalue weighted by Gasteiger charge is -1.99. The molecule has 2 rings (SSSR count). The molecule has 0 spiro atoms. The number of hydrogen-bond donors (Lipinski definition) is 0. The molecule has 0 aromatic heterocycles. The molecule has 1 fully saturated rings. The number of rotatable bonds is 2. The lowest BCUT2D eigenvalue weighted by molar-refractivity contribution is 0.120. The first-order valence-corrected chi connectivity index (χ1v) is 4.22. The summed E-state index contributed by atoms with van der Waals surface area (Å²) in [6.45, 7) is 0. The Morgan fingerprint density at radius 1 is 1.31 bits per heavy atom. The maximum absolute atomic E-state index is 12.7. The molecular weight excluding hydrogens is 177 g/mol. The Morgan fingerprint density at radius 3 is 2.62 bits per heavy atom. The van der Waals surface area contributed by atoms with Crippen LogP contribution in [0.15, 0.2) is 24.3 Å². The van der Waals surface area contributed by atoms with Gasteiger partial charge in [-0.25, -0.2) is 13.2 Å². The van der Waals surface area contributed by atoms with E-state index in [-0.39, 0.29) is 11.7 Å². The number of benzene rings is 1. The molecule has 70 valence electrons. The second kappa shape index (κ2) is 3.05. The highest BCUT2D eigenvalue weighted by molar-refractivity contribution is 5.26. The summed E-state index contributed by atoms with van der Waals surface area (Å²) in [6, 6.07) is 5.93. The monoisotopic (exact) mass is 186 g/mol. The largest absolute Gasteiger partial charge is 0.242 e. The zero-order valence-electron chi connectivity index (χ0n) is 6.88. The van der Waals surface area contributed by atoms with Gasteiger partial charge in [0.2, 0.25) is 6.43 Å². The Labute approximate surface area is 74.4 Å². The van der Waals surface area contributed by atoms with Crippen molar-refractivity contribution in [3.05, 3.63) is 35.6 Å². The van der Waals surface area contributed by atoms with Gasteiger partial charge in [0.25, 0.3) is 0 Å². The minimum Gasteiger partial charge on any atom is -0.210 e. The van der Waals surface area contributed by atoms with Crippen molar-refractivity contribution >= 4 is 0 Å². The van der Waals surface area contributed by atoms with Crippen LogP contribution in [-0.2, 0) is 0 Å². The standard InChI is InChI=1S/C10H9F3/c11-7-3-1-2-6(4-7)8-5-9(8)10(12)13/h1-4,8-10H,5H2/t8-,9+/m0/s1. The Hall–Kier alpha value is -0.990. The van der Waals surface area contributed by atoms with E-state index in [9.17, 15) is 13.2 Å². The second-order valence-electron chi connectivity index (χ2n) is 3.40. The van der Waals surface area contributed by atoms with Gasteiger partial charge < -0.3 is 0 Å². The summed E-state index contributed by atoms with van der Waals surface area (Å²) in [6.07, 6.45) is -1.78. The fraction of sp³-hybridized carbons (Fsp3) is 0.400. The van der Waals surface area contributed by atoms with Crippen molar-refractivity contribution in [1.82, 2.24) is 0 Å². The summed E-state index contributed by atoms with van der Waals surface area (Å²) in [7, 11) is 0. The Bertz CT molecular complexity index is 309. The van der Waals surface area contributed by atoms with Gasteiger partial charge in [-0.05, 0) is 30.0 Å².